The Morgan fingerprint density at radius 2 is 2.13 bits per heavy atom. The van der Waals surface area contributed by atoms with Crippen molar-refractivity contribution in [2.45, 2.75) is 64.8 Å². The van der Waals surface area contributed by atoms with Gasteiger partial charge in [0.1, 0.15) is 10.9 Å². The van der Waals surface area contributed by atoms with Crippen LogP contribution in [0.2, 0.25) is 5.15 Å². The Bertz CT molecular complexity index is 1070. The molecule has 0 aliphatic rings. The number of nitrogens with one attached hydrogen (secondary N) is 1. The van der Waals surface area contributed by atoms with E-state index in [1.54, 1.807) is 23.1 Å². The predicted octanol–water partition coefficient (Wildman–Crippen LogP) is 6.53. The van der Waals surface area contributed by atoms with Crippen molar-refractivity contribution in [1.82, 2.24) is 4.98 Å². The molecule has 0 aliphatic heterocycles. The van der Waals surface area contributed by atoms with E-state index in [9.17, 15) is 4.21 Å². The first-order valence-corrected chi connectivity index (χ1v) is 12.3. The van der Waals surface area contributed by atoms with Gasteiger partial charge in [0.25, 0.3) is 0 Å². The fraction of sp³-hybridized carbons (Fsp3) is 0.455. The van der Waals surface area contributed by atoms with E-state index < -0.39 is 10.8 Å². The number of halogens is 1. The number of rotatable bonds is 7. The molecule has 0 amide bonds. The standard InChI is InChI=1S/C22H28ClN3O2S2/c1-13(15(3)25-12-30(27)22(4,5)6)20-14(2)19-21(29-20)17(10-18(23)26-19)24-11-16-8-7-9-28-16/h7-10,12-13,15H,11H2,1-6H3,(H,24,26)/t13?,15-,30?/m1/s1. The van der Waals surface area contributed by atoms with Crippen molar-refractivity contribution < 1.29 is 8.63 Å². The normalized spacial score (nSPS) is 15.6. The molecule has 1 N–H and O–H groups in total. The third-order valence-electron chi connectivity index (χ3n) is 5.04. The lowest BCUT2D eigenvalue weighted by Crippen LogP contribution is -2.23. The zero-order chi connectivity index (χ0) is 22.1. The summed E-state index contributed by atoms with van der Waals surface area (Å²) in [6.45, 7) is 12.7. The Balaban J connectivity index is 1.89. The Labute approximate surface area is 189 Å². The van der Waals surface area contributed by atoms with E-state index in [1.807, 2.05) is 39.0 Å². The Morgan fingerprint density at radius 1 is 1.40 bits per heavy atom. The van der Waals surface area contributed by atoms with E-state index in [2.05, 4.69) is 36.1 Å². The lowest BCUT2D eigenvalue weighted by atomic mass is 9.99. The number of thiophene rings is 1. The minimum Gasteiger partial charge on any atom is -0.467 e. The summed E-state index contributed by atoms with van der Waals surface area (Å²) < 4.78 is 18.5. The minimum absolute atomic E-state index is 0.00179. The van der Waals surface area contributed by atoms with Gasteiger partial charge in [-0.25, -0.2) is 4.98 Å². The lowest BCUT2D eigenvalue weighted by Gasteiger charge is -2.17. The maximum Gasteiger partial charge on any atom is 0.131 e. The van der Waals surface area contributed by atoms with Gasteiger partial charge in [-0.2, -0.15) is 0 Å². The van der Waals surface area contributed by atoms with Crippen molar-refractivity contribution in [3.63, 3.8) is 0 Å². The van der Waals surface area contributed by atoms with E-state index in [1.165, 1.54) is 4.88 Å². The average molecular weight is 466 g/mol. The van der Waals surface area contributed by atoms with Crippen LogP contribution in [-0.4, -0.2) is 25.5 Å². The van der Waals surface area contributed by atoms with Crippen LogP contribution in [0.25, 0.3) is 10.2 Å². The summed E-state index contributed by atoms with van der Waals surface area (Å²) in [7, 11) is -1.11. The van der Waals surface area contributed by atoms with Crippen LogP contribution in [0.3, 0.4) is 0 Å². The number of furan rings is 1. The van der Waals surface area contributed by atoms with Crippen molar-refractivity contribution in [1.29, 1.82) is 0 Å². The molecular formula is C22H28ClN3O2S2. The third kappa shape index (κ3) is 5.13. The molecule has 3 aromatic rings. The summed E-state index contributed by atoms with van der Waals surface area (Å²) in [4.78, 5) is 10.4. The number of pyridine rings is 1. The molecule has 0 spiro atoms. The van der Waals surface area contributed by atoms with Crippen LogP contribution in [0.1, 0.15) is 56.7 Å². The fourth-order valence-corrected chi connectivity index (χ4v) is 5.18. The zero-order valence-corrected chi connectivity index (χ0v) is 20.5. The number of fused-ring (bicyclic) bond motifs is 1. The molecule has 0 fully saturated rings. The van der Waals surface area contributed by atoms with Gasteiger partial charge in [0.2, 0.25) is 0 Å². The molecule has 8 heteroatoms. The van der Waals surface area contributed by atoms with Crippen LogP contribution >= 0.6 is 22.9 Å². The van der Waals surface area contributed by atoms with Crippen molar-refractivity contribution in [2.75, 3.05) is 5.32 Å². The molecular weight excluding hydrogens is 438 g/mol. The summed E-state index contributed by atoms with van der Waals surface area (Å²) in [6.07, 6.45) is 1.66. The van der Waals surface area contributed by atoms with Gasteiger partial charge < -0.3 is 9.73 Å². The highest BCUT2D eigenvalue weighted by Gasteiger charge is 2.23. The first-order chi connectivity index (χ1) is 14.1. The second-order valence-electron chi connectivity index (χ2n) is 8.39. The van der Waals surface area contributed by atoms with Crippen molar-refractivity contribution >= 4 is 55.2 Å². The van der Waals surface area contributed by atoms with Crippen molar-refractivity contribution in [3.05, 3.63) is 45.8 Å². The summed E-state index contributed by atoms with van der Waals surface area (Å²) >= 11 is 8.02. The number of aromatic nitrogens is 1. The summed E-state index contributed by atoms with van der Waals surface area (Å²) in [6, 6.07) is 5.65. The summed E-state index contributed by atoms with van der Waals surface area (Å²) in [5.74, 6) is 1.02. The van der Waals surface area contributed by atoms with Crippen LogP contribution in [0.4, 0.5) is 5.69 Å². The van der Waals surface area contributed by atoms with Crippen LogP contribution < -0.4 is 5.32 Å². The fourth-order valence-electron chi connectivity index (χ4n) is 2.98. The maximum atomic E-state index is 12.3. The lowest BCUT2D eigenvalue weighted by molar-refractivity contribution is 0.518. The van der Waals surface area contributed by atoms with E-state index in [4.69, 9.17) is 16.0 Å². The van der Waals surface area contributed by atoms with E-state index in [0.717, 1.165) is 27.2 Å². The Kier molecular flexibility index (Phi) is 7.05. The molecule has 3 heterocycles. The minimum atomic E-state index is -1.11. The smallest absolute Gasteiger partial charge is 0.131 e. The zero-order valence-electron chi connectivity index (χ0n) is 18.2. The van der Waals surface area contributed by atoms with E-state index in [-0.39, 0.29) is 16.7 Å². The Hall–Kier alpha value is -1.70. The van der Waals surface area contributed by atoms with Crippen LogP contribution in [-0.2, 0) is 17.3 Å². The molecule has 0 aliphatic carbocycles. The summed E-state index contributed by atoms with van der Waals surface area (Å²) in [5.41, 5.74) is 4.56. The monoisotopic (exact) mass is 465 g/mol. The first kappa shape index (κ1) is 23.0. The molecule has 30 heavy (non-hydrogen) atoms. The average Bonchev–Trinajstić information content (AvgIpc) is 3.31. The Morgan fingerprint density at radius 3 is 2.77 bits per heavy atom. The molecule has 162 valence electrons. The number of hydrogen-bond donors (Lipinski definition) is 1. The van der Waals surface area contributed by atoms with Gasteiger partial charge in [-0.1, -0.05) is 18.5 Å². The van der Waals surface area contributed by atoms with Crippen LogP contribution in [0.15, 0.2) is 33.9 Å². The topological polar surface area (TPSA) is 67.5 Å². The van der Waals surface area contributed by atoms with Crippen LogP contribution in [0, 0.1) is 6.92 Å². The van der Waals surface area contributed by atoms with Crippen LogP contribution in [0.5, 0.6) is 0 Å². The first-order valence-electron chi connectivity index (χ1n) is 9.87. The van der Waals surface area contributed by atoms with Gasteiger partial charge in [-0.15, -0.1) is 11.3 Å². The van der Waals surface area contributed by atoms with Gasteiger partial charge in [0, 0.05) is 21.6 Å². The van der Waals surface area contributed by atoms with Crippen molar-refractivity contribution in [2.24, 2.45) is 4.99 Å². The van der Waals surface area contributed by atoms with Gasteiger partial charge >= 0.3 is 0 Å². The molecule has 5 nitrogen and oxygen atoms in total. The molecule has 0 saturated carbocycles. The molecule has 3 rings (SSSR count). The maximum absolute atomic E-state index is 12.3. The number of hydrogen-bond acceptors (Lipinski definition) is 6. The number of aliphatic imine (C=N–C) groups is 1. The molecule has 0 radical (unpaired) electrons. The molecule has 3 aromatic heterocycles. The number of nitrogens with zero attached hydrogens (tertiary/aromatic N) is 2. The highest BCUT2D eigenvalue weighted by atomic mass is 35.5. The molecule has 0 saturated heterocycles. The molecule has 3 atom stereocenters. The number of aryl methyl sites for hydroxylation is 1. The molecule has 0 bridgehead atoms. The van der Waals surface area contributed by atoms with Gasteiger partial charge in [-0.05, 0) is 52.3 Å². The van der Waals surface area contributed by atoms with E-state index >= 15 is 0 Å². The highest BCUT2D eigenvalue weighted by molar-refractivity contribution is 7.99. The summed E-state index contributed by atoms with van der Waals surface area (Å²) in [5, 5.41) is 3.87. The predicted molar refractivity (Wildman–Crippen MR) is 130 cm³/mol. The highest BCUT2D eigenvalue weighted by Crippen LogP contribution is 2.41. The molecule has 2 unspecified atom stereocenters. The second-order valence-corrected chi connectivity index (χ2v) is 11.9. The largest absolute Gasteiger partial charge is 0.467 e. The van der Waals surface area contributed by atoms with Gasteiger partial charge in [0.05, 0.1) is 51.1 Å². The number of anilines is 1. The van der Waals surface area contributed by atoms with Gasteiger partial charge in [0.15, 0.2) is 0 Å². The van der Waals surface area contributed by atoms with Gasteiger partial charge in [-0.3, -0.25) is 9.20 Å². The third-order valence-corrected chi connectivity index (χ3v) is 8.27. The van der Waals surface area contributed by atoms with Crippen molar-refractivity contribution in [3.8, 4) is 0 Å². The quantitative estimate of drug-likeness (QED) is 0.244. The molecule has 0 aromatic carbocycles. The van der Waals surface area contributed by atoms with E-state index in [0.29, 0.717) is 11.7 Å². The second kappa shape index (κ2) is 9.20. The SMILES string of the molecule is Cc1c(C(C)[C@@H](C)N=CS(=O)C(C)(C)C)sc2c(NCc3ccco3)cc(Cl)nc12.